The zero-order chi connectivity index (χ0) is 46.5. The Morgan fingerprint density at radius 3 is 1.03 bits per heavy atom. The second kappa shape index (κ2) is 52.0. The highest BCUT2D eigenvalue weighted by atomic mass is 16.6. The maximum absolute atomic E-state index is 12.8. The van der Waals surface area contributed by atoms with Gasteiger partial charge in [-0.2, -0.15) is 0 Å². The van der Waals surface area contributed by atoms with Gasteiger partial charge in [-0.25, -0.2) is 0 Å². The van der Waals surface area contributed by atoms with Crippen molar-refractivity contribution in [1.82, 2.24) is 0 Å². The van der Waals surface area contributed by atoms with E-state index in [1.54, 1.807) is 0 Å². The van der Waals surface area contributed by atoms with Crippen molar-refractivity contribution < 1.29 is 28.6 Å². The van der Waals surface area contributed by atoms with Crippen molar-refractivity contribution in [3.8, 4) is 0 Å². The average molecular weight is 889 g/mol. The van der Waals surface area contributed by atoms with Crippen molar-refractivity contribution in [3.05, 3.63) is 97.2 Å². The van der Waals surface area contributed by atoms with E-state index in [1.165, 1.54) is 57.8 Å². The van der Waals surface area contributed by atoms with Crippen molar-refractivity contribution in [3.63, 3.8) is 0 Å². The topological polar surface area (TPSA) is 78.9 Å². The first-order chi connectivity index (χ1) is 31.5. The Hall–Kier alpha value is -3.67. The highest BCUT2D eigenvalue weighted by Crippen LogP contribution is 2.13. The predicted molar refractivity (Wildman–Crippen MR) is 274 cm³/mol. The number of carbonyl (C=O) groups excluding carboxylic acids is 3. The van der Waals surface area contributed by atoms with E-state index < -0.39 is 6.10 Å². The third kappa shape index (κ3) is 49.3. The minimum absolute atomic E-state index is 0.0993. The monoisotopic (exact) mass is 889 g/mol. The van der Waals surface area contributed by atoms with Crippen LogP contribution in [-0.4, -0.2) is 37.2 Å². The van der Waals surface area contributed by atoms with E-state index in [9.17, 15) is 14.4 Å². The molecule has 0 aromatic heterocycles. The number of ether oxygens (including phenoxy) is 3. The number of carbonyl (C=O) groups is 3. The minimum Gasteiger partial charge on any atom is -0.462 e. The molecule has 0 aliphatic carbocycles. The quantitative estimate of drug-likeness (QED) is 0.0262. The maximum Gasteiger partial charge on any atom is 0.306 e. The van der Waals surface area contributed by atoms with Crippen LogP contribution in [0, 0.1) is 0 Å². The van der Waals surface area contributed by atoms with Crippen molar-refractivity contribution >= 4 is 17.9 Å². The lowest BCUT2D eigenvalue weighted by molar-refractivity contribution is -0.167. The molecule has 0 spiro atoms. The molecule has 1 atom stereocenters. The van der Waals surface area contributed by atoms with Crippen LogP contribution >= 0.6 is 0 Å². The van der Waals surface area contributed by atoms with E-state index >= 15 is 0 Å². The summed E-state index contributed by atoms with van der Waals surface area (Å²) in [6, 6.07) is 0. The van der Waals surface area contributed by atoms with Crippen LogP contribution < -0.4 is 0 Å². The van der Waals surface area contributed by atoms with Crippen molar-refractivity contribution in [2.75, 3.05) is 13.2 Å². The number of unbranched alkanes of at least 4 members (excludes halogenated alkanes) is 19. The second-order valence-corrected chi connectivity index (χ2v) is 17.0. The Kier molecular flexibility index (Phi) is 49.0. The molecule has 0 aliphatic heterocycles. The van der Waals surface area contributed by atoms with E-state index in [0.717, 1.165) is 135 Å². The van der Waals surface area contributed by atoms with E-state index in [2.05, 4.69) is 118 Å². The molecule has 0 aliphatic rings. The molecule has 0 unspecified atom stereocenters. The summed E-state index contributed by atoms with van der Waals surface area (Å²) in [5.74, 6) is -0.958. The standard InChI is InChI=1S/C58H96O6/c1-4-7-10-13-16-19-22-25-27-28-29-30-31-34-36-39-42-45-48-51-57(60)63-54-55(53-62-56(59)50-47-44-41-38-35-32-24-21-18-15-12-9-6-3)64-58(61)52-49-46-43-40-37-33-26-23-20-17-14-11-8-5-2/h7,10,14,16-17,19,21,23-27,29-30,34,36,55H,4-6,8-9,11-13,15,18,20,22,28,31-33,35,37-54H2,1-3H3/b10-7-,17-14-,19-16-,24-21-,26-23-,27-25-,30-29-,36-34-/t55-/m1/s1. The Morgan fingerprint density at radius 2 is 0.625 bits per heavy atom. The second-order valence-electron chi connectivity index (χ2n) is 17.0. The first-order valence-electron chi connectivity index (χ1n) is 26.2. The van der Waals surface area contributed by atoms with Gasteiger partial charge in [0.1, 0.15) is 13.2 Å². The van der Waals surface area contributed by atoms with Gasteiger partial charge in [-0.1, -0.05) is 195 Å². The summed E-state index contributed by atoms with van der Waals surface area (Å²) in [6.07, 6.45) is 68.1. The minimum atomic E-state index is -0.802. The van der Waals surface area contributed by atoms with Gasteiger partial charge in [-0.15, -0.1) is 0 Å². The third-order valence-electron chi connectivity index (χ3n) is 10.8. The van der Waals surface area contributed by atoms with Crippen LogP contribution in [0.5, 0.6) is 0 Å². The zero-order valence-corrected chi connectivity index (χ0v) is 41.5. The summed E-state index contributed by atoms with van der Waals surface area (Å²) in [4.78, 5) is 38.0. The van der Waals surface area contributed by atoms with Gasteiger partial charge >= 0.3 is 17.9 Å². The van der Waals surface area contributed by atoms with Crippen LogP contribution in [-0.2, 0) is 28.6 Å². The van der Waals surface area contributed by atoms with Gasteiger partial charge in [0, 0.05) is 19.3 Å². The Labute approximate surface area is 394 Å². The normalized spacial score (nSPS) is 12.9. The fraction of sp³-hybridized carbons (Fsp3) is 0.672. The highest BCUT2D eigenvalue weighted by Gasteiger charge is 2.19. The van der Waals surface area contributed by atoms with Gasteiger partial charge in [0.15, 0.2) is 6.10 Å². The molecular weight excluding hydrogens is 793 g/mol. The lowest BCUT2D eigenvalue weighted by Crippen LogP contribution is -2.30. The smallest absolute Gasteiger partial charge is 0.306 e. The molecule has 6 heteroatoms. The van der Waals surface area contributed by atoms with Crippen molar-refractivity contribution in [2.24, 2.45) is 0 Å². The van der Waals surface area contributed by atoms with E-state index in [1.807, 2.05) is 0 Å². The SMILES string of the molecule is CC/C=C\C/C=C\C/C=C\C/C=C\C/C=C\CCCCCC(=O)OC[C@@H](COC(=O)CCCCCCC/C=C\CCCCCC)OC(=O)CCCCCCC/C=C\C/C=C\CCCC. The summed E-state index contributed by atoms with van der Waals surface area (Å²) in [6.45, 7) is 6.41. The molecule has 0 saturated carbocycles. The highest BCUT2D eigenvalue weighted by molar-refractivity contribution is 5.71. The molecule has 0 aromatic rings. The summed E-state index contributed by atoms with van der Waals surface area (Å²) in [7, 11) is 0. The van der Waals surface area contributed by atoms with Crippen LogP contribution in [0.25, 0.3) is 0 Å². The molecule has 64 heavy (non-hydrogen) atoms. The van der Waals surface area contributed by atoms with Crippen LogP contribution in [0.15, 0.2) is 97.2 Å². The van der Waals surface area contributed by atoms with E-state index in [4.69, 9.17) is 14.2 Å². The molecule has 0 fully saturated rings. The Balaban J connectivity index is 4.48. The lowest BCUT2D eigenvalue weighted by atomic mass is 10.1. The van der Waals surface area contributed by atoms with E-state index in [0.29, 0.717) is 19.3 Å². The number of allylic oxidation sites excluding steroid dienone is 16. The molecule has 0 N–H and O–H groups in total. The van der Waals surface area contributed by atoms with Crippen LogP contribution in [0.3, 0.4) is 0 Å². The molecule has 0 rings (SSSR count). The number of hydrogen-bond donors (Lipinski definition) is 0. The van der Waals surface area contributed by atoms with Gasteiger partial charge < -0.3 is 14.2 Å². The summed E-state index contributed by atoms with van der Waals surface area (Å²) in [5, 5.41) is 0. The summed E-state index contributed by atoms with van der Waals surface area (Å²) >= 11 is 0. The largest absolute Gasteiger partial charge is 0.462 e. The predicted octanol–water partition coefficient (Wildman–Crippen LogP) is 17.4. The number of hydrogen-bond acceptors (Lipinski definition) is 6. The molecule has 0 radical (unpaired) electrons. The number of rotatable bonds is 46. The molecule has 6 nitrogen and oxygen atoms in total. The fourth-order valence-electron chi connectivity index (χ4n) is 6.83. The van der Waals surface area contributed by atoms with Crippen LogP contribution in [0.4, 0.5) is 0 Å². The Morgan fingerprint density at radius 1 is 0.328 bits per heavy atom. The van der Waals surface area contributed by atoms with Crippen LogP contribution in [0.1, 0.15) is 233 Å². The summed E-state index contributed by atoms with van der Waals surface area (Å²) < 4.78 is 16.8. The molecule has 0 aromatic carbocycles. The maximum atomic E-state index is 12.8. The van der Waals surface area contributed by atoms with E-state index in [-0.39, 0.29) is 31.1 Å². The number of esters is 3. The first kappa shape index (κ1) is 60.3. The molecular formula is C58H96O6. The van der Waals surface area contributed by atoms with Gasteiger partial charge in [-0.05, 0) is 116 Å². The third-order valence-corrected chi connectivity index (χ3v) is 10.8. The molecule has 0 amide bonds. The van der Waals surface area contributed by atoms with Crippen molar-refractivity contribution in [1.29, 1.82) is 0 Å². The van der Waals surface area contributed by atoms with Crippen molar-refractivity contribution in [2.45, 2.75) is 239 Å². The Bertz CT molecular complexity index is 1300. The molecule has 364 valence electrons. The van der Waals surface area contributed by atoms with Gasteiger partial charge in [0.05, 0.1) is 0 Å². The van der Waals surface area contributed by atoms with Gasteiger partial charge in [0.25, 0.3) is 0 Å². The first-order valence-corrected chi connectivity index (χ1v) is 26.2. The lowest BCUT2D eigenvalue weighted by Gasteiger charge is -2.18. The van der Waals surface area contributed by atoms with Gasteiger partial charge in [-0.3, -0.25) is 14.4 Å². The van der Waals surface area contributed by atoms with Crippen LogP contribution in [0.2, 0.25) is 0 Å². The molecule has 0 saturated heterocycles. The molecule has 0 bridgehead atoms. The fourth-order valence-corrected chi connectivity index (χ4v) is 6.83. The average Bonchev–Trinajstić information content (AvgIpc) is 3.29. The summed E-state index contributed by atoms with van der Waals surface area (Å²) in [5.41, 5.74) is 0. The molecule has 0 heterocycles. The zero-order valence-electron chi connectivity index (χ0n) is 41.5. The van der Waals surface area contributed by atoms with Gasteiger partial charge in [0.2, 0.25) is 0 Å².